The summed E-state index contributed by atoms with van der Waals surface area (Å²) in [6.45, 7) is 14.7. The van der Waals surface area contributed by atoms with E-state index in [1.54, 1.807) is 0 Å². The van der Waals surface area contributed by atoms with Crippen molar-refractivity contribution in [3.05, 3.63) is 0 Å². The maximum Gasteiger partial charge on any atom is 0.0753 e. The molecule has 0 amide bonds. The van der Waals surface area contributed by atoms with Gasteiger partial charge >= 0.3 is 0 Å². The molecule has 0 aromatic heterocycles. The van der Waals surface area contributed by atoms with Gasteiger partial charge in [0.15, 0.2) is 0 Å². The zero-order valence-corrected chi connectivity index (χ0v) is 15.0. The summed E-state index contributed by atoms with van der Waals surface area (Å²) in [7, 11) is 2.13. The highest BCUT2D eigenvalue weighted by molar-refractivity contribution is 4.96. The van der Waals surface area contributed by atoms with Crippen LogP contribution in [0.1, 0.15) is 60.3 Å². The molecule has 3 unspecified atom stereocenters. The summed E-state index contributed by atoms with van der Waals surface area (Å²) < 4.78 is 5.91. The van der Waals surface area contributed by atoms with Crippen LogP contribution in [0.25, 0.3) is 0 Å². The van der Waals surface area contributed by atoms with Gasteiger partial charge in [0, 0.05) is 25.2 Å². The third-order valence-corrected chi connectivity index (χ3v) is 6.13. The van der Waals surface area contributed by atoms with E-state index >= 15 is 0 Å². The molecule has 0 spiro atoms. The number of nitrogens with one attached hydrogen (secondary N) is 1. The minimum absolute atomic E-state index is 0.00373. The van der Waals surface area contributed by atoms with Gasteiger partial charge in [-0.2, -0.15) is 0 Å². The summed E-state index contributed by atoms with van der Waals surface area (Å²) in [4.78, 5) is 2.70. The van der Waals surface area contributed by atoms with E-state index in [1.807, 2.05) is 0 Å². The Labute approximate surface area is 131 Å². The molecule has 0 aromatic rings. The summed E-state index contributed by atoms with van der Waals surface area (Å²) in [5.41, 5.74) is 0.475. The quantitative estimate of drug-likeness (QED) is 0.861. The standard InChI is InChI=1S/C18H36N2O/c1-7-17(2,3)14-8-9-15(19-6)16(12-14)20-10-11-21-18(4,5)13-20/h14-16,19H,7-13H2,1-6H3. The summed E-state index contributed by atoms with van der Waals surface area (Å²) in [5.74, 6) is 0.850. The molecule has 21 heavy (non-hydrogen) atoms. The fourth-order valence-corrected chi connectivity index (χ4v) is 4.22. The van der Waals surface area contributed by atoms with E-state index in [9.17, 15) is 0 Å². The molecule has 124 valence electrons. The lowest BCUT2D eigenvalue weighted by molar-refractivity contribution is -0.108. The van der Waals surface area contributed by atoms with Crippen molar-refractivity contribution >= 4 is 0 Å². The lowest BCUT2D eigenvalue weighted by Crippen LogP contribution is -2.59. The zero-order chi connectivity index (χ0) is 15.7. The fourth-order valence-electron chi connectivity index (χ4n) is 4.22. The Balaban J connectivity index is 2.10. The molecule has 2 rings (SSSR count). The van der Waals surface area contributed by atoms with E-state index in [-0.39, 0.29) is 5.60 Å². The molecule has 3 nitrogen and oxygen atoms in total. The summed E-state index contributed by atoms with van der Waals surface area (Å²) in [5, 5.41) is 3.59. The first-order valence-electron chi connectivity index (χ1n) is 8.84. The van der Waals surface area contributed by atoms with Crippen molar-refractivity contribution in [3.8, 4) is 0 Å². The molecule has 0 bridgehead atoms. The predicted octanol–water partition coefficient (Wildman–Crippen LogP) is 3.29. The first-order valence-corrected chi connectivity index (χ1v) is 8.84. The smallest absolute Gasteiger partial charge is 0.0753 e. The number of nitrogens with zero attached hydrogens (tertiary/aromatic N) is 1. The molecule has 0 aromatic carbocycles. The van der Waals surface area contributed by atoms with Gasteiger partial charge in [0.05, 0.1) is 12.2 Å². The second kappa shape index (κ2) is 6.55. The van der Waals surface area contributed by atoms with Crippen molar-refractivity contribution in [2.75, 3.05) is 26.7 Å². The second-order valence-corrected chi connectivity index (χ2v) is 8.39. The zero-order valence-electron chi connectivity index (χ0n) is 15.0. The number of likely N-dealkylation sites (N-methyl/N-ethyl adjacent to an activating group) is 1. The molecular formula is C18H36N2O. The first-order chi connectivity index (χ1) is 9.79. The van der Waals surface area contributed by atoms with Crippen LogP contribution in [0.15, 0.2) is 0 Å². The van der Waals surface area contributed by atoms with Crippen LogP contribution in [0.4, 0.5) is 0 Å². The van der Waals surface area contributed by atoms with E-state index in [2.05, 4.69) is 51.9 Å². The molecule has 1 saturated heterocycles. The van der Waals surface area contributed by atoms with E-state index < -0.39 is 0 Å². The lowest BCUT2D eigenvalue weighted by Gasteiger charge is -2.50. The molecule has 1 heterocycles. The van der Waals surface area contributed by atoms with Crippen molar-refractivity contribution in [1.82, 2.24) is 10.2 Å². The minimum Gasteiger partial charge on any atom is -0.373 e. The van der Waals surface area contributed by atoms with Crippen molar-refractivity contribution in [3.63, 3.8) is 0 Å². The Morgan fingerprint density at radius 3 is 2.57 bits per heavy atom. The van der Waals surface area contributed by atoms with Gasteiger partial charge in [-0.15, -0.1) is 0 Å². The largest absolute Gasteiger partial charge is 0.373 e. The van der Waals surface area contributed by atoms with Gasteiger partial charge in [-0.1, -0.05) is 27.2 Å². The molecule has 1 aliphatic heterocycles. The van der Waals surface area contributed by atoms with Gasteiger partial charge in [-0.3, -0.25) is 4.90 Å². The van der Waals surface area contributed by atoms with E-state index in [0.29, 0.717) is 17.5 Å². The number of hydrogen-bond donors (Lipinski definition) is 1. The third kappa shape index (κ3) is 4.00. The van der Waals surface area contributed by atoms with Gasteiger partial charge in [0.1, 0.15) is 0 Å². The number of ether oxygens (including phenoxy) is 1. The van der Waals surface area contributed by atoms with Crippen LogP contribution in [0.5, 0.6) is 0 Å². The number of hydrogen-bond acceptors (Lipinski definition) is 3. The van der Waals surface area contributed by atoms with Gasteiger partial charge in [-0.05, 0) is 51.5 Å². The van der Waals surface area contributed by atoms with Crippen LogP contribution < -0.4 is 5.32 Å². The highest BCUT2D eigenvalue weighted by atomic mass is 16.5. The van der Waals surface area contributed by atoms with Crippen molar-refractivity contribution in [2.45, 2.75) is 78.0 Å². The topological polar surface area (TPSA) is 24.5 Å². The average Bonchev–Trinajstić information content (AvgIpc) is 2.45. The molecule has 3 atom stereocenters. The van der Waals surface area contributed by atoms with Gasteiger partial charge in [-0.25, -0.2) is 0 Å². The van der Waals surface area contributed by atoms with Gasteiger partial charge in [0.2, 0.25) is 0 Å². The third-order valence-electron chi connectivity index (χ3n) is 6.13. The van der Waals surface area contributed by atoms with Crippen LogP contribution in [0.2, 0.25) is 0 Å². The molecule has 1 aliphatic carbocycles. The maximum absolute atomic E-state index is 5.91. The van der Waals surface area contributed by atoms with E-state index in [1.165, 1.54) is 25.7 Å². The van der Waals surface area contributed by atoms with Crippen LogP contribution in [0, 0.1) is 11.3 Å². The van der Waals surface area contributed by atoms with E-state index in [4.69, 9.17) is 4.74 Å². The van der Waals surface area contributed by atoms with Crippen molar-refractivity contribution < 1.29 is 4.74 Å². The summed E-state index contributed by atoms with van der Waals surface area (Å²) in [6.07, 6.45) is 5.30. The summed E-state index contributed by atoms with van der Waals surface area (Å²) >= 11 is 0. The molecule has 0 radical (unpaired) electrons. The fraction of sp³-hybridized carbons (Fsp3) is 1.00. The highest BCUT2D eigenvalue weighted by Gasteiger charge is 2.41. The molecule has 2 fully saturated rings. The molecule has 3 heteroatoms. The second-order valence-electron chi connectivity index (χ2n) is 8.39. The summed E-state index contributed by atoms with van der Waals surface area (Å²) in [6, 6.07) is 1.31. The van der Waals surface area contributed by atoms with Gasteiger partial charge in [0.25, 0.3) is 0 Å². The van der Waals surface area contributed by atoms with Crippen molar-refractivity contribution in [2.24, 2.45) is 11.3 Å². The van der Waals surface area contributed by atoms with E-state index in [0.717, 1.165) is 25.6 Å². The monoisotopic (exact) mass is 296 g/mol. The average molecular weight is 296 g/mol. The molecular weight excluding hydrogens is 260 g/mol. The maximum atomic E-state index is 5.91. The minimum atomic E-state index is 0.00373. The first kappa shape index (κ1) is 17.2. The molecule has 1 saturated carbocycles. The lowest BCUT2D eigenvalue weighted by atomic mass is 9.67. The van der Waals surface area contributed by atoms with Crippen LogP contribution >= 0.6 is 0 Å². The molecule has 1 N–H and O–H groups in total. The normalized spacial score (nSPS) is 34.9. The van der Waals surface area contributed by atoms with Crippen molar-refractivity contribution in [1.29, 1.82) is 0 Å². The number of rotatable bonds is 4. The Morgan fingerprint density at radius 2 is 2.00 bits per heavy atom. The van der Waals surface area contributed by atoms with Crippen LogP contribution in [-0.2, 0) is 4.74 Å². The molecule has 2 aliphatic rings. The number of morpholine rings is 1. The Bertz CT molecular complexity index is 340. The Hall–Kier alpha value is -0.120. The van der Waals surface area contributed by atoms with Crippen LogP contribution in [-0.4, -0.2) is 49.3 Å². The van der Waals surface area contributed by atoms with Crippen LogP contribution in [0.3, 0.4) is 0 Å². The van der Waals surface area contributed by atoms with Gasteiger partial charge < -0.3 is 10.1 Å². The predicted molar refractivity (Wildman–Crippen MR) is 89.7 cm³/mol. The SMILES string of the molecule is CCC(C)(C)C1CCC(NC)C(N2CCOC(C)(C)C2)C1. The highest BCUT2D eigenvalue weighted by Crippen LogP contribution is 2.42. The Morgan fingerprint density at radius 1 is 1.29 bits per heavy atom. The Kier molecular flexibility index (Phi) is 5.38.